The van der Waals surface area contributed by atoms with Crippen molar-refractivity contribution in [2.45, 2.75) is 31.5 Å². The molecular formula is C18H17F3N2O. The first-order valence-corrected chi connectivity index (χ1v) is 7.73. The van der Waals surface area contributed by atoms with Gasteiger partial charge in [-0.05, 0) is 54.7 Å². The molecule has 1 aliphatic rings. The van der Waals surface area contributed by atoms with E-state index in [1.165, 1.54) is 23.3 Å². The highest BCUT2D eigenvalue weighted by Crippen LogP contribution is 2.29. The Kier molecular flexibility index (Phi) is 4.46. The summed E-state index contributed by atoms with van der Waals surface area (Å²) in [4.78, 5) is 12.0. The molecule has 0 aliphatic heterocycles. The maximum absolute atomic E-state index is 12.5. The molecule has 1 unspecified atom stereocenters. The van der Waals surface area contributed by atoms with Crippen LogP contribution < -0.4 is 10.6 Å². The van der Waals surface area contributed by atoms with Crippen molar-refractivity contribution in [1.82, 2.24) is 5.32 Å². The van der Waals surface area contributed by atoms with Gasteiger partial charge in [0.05, 0.1) is 5.56 Å². The van der Waals surface area contributed by atoms with Gasteiger partial charge in [0.1, 0.15) is 0 Å². The fourth-order valence-electron chi connectivity index (χ4n) is 2.92. The molecule has 0 heterocycles. The topological polar surface area (TPSA) is 41.1 Å². The van der Waals surface area contributed by atoms with Crippen LogP contribution in [0.1, 0.15) is 23.1 Å². The molecule has 0 aromatic heterocycles. The van der Waals surface area contributed by atoms with Crippen molar-refractivity contribution in [2.24, 2.45) is 0 Å². The molecule has 0 spiro atoms. The molecule has 126 valence electrons. The monoisotopic (exact) mass is 334 g/mol. The van der Waals surface area contributed by atoms with Crippen LogP contribution in [-0.2, 0) is 19.0 Å². The second kappa shape index (κ2) is 6.55. The van der Waals surface area contributed by atoms with Gasteiger partial charge in [-0.2, -0.15) is 13.2 Å². The van der Waals surface area contributed by atoms with E-state index in [2.05, 4.69) is 22.8 Å². The number of urea groups is 1. The van der Waals surface area contributed by atoms with E-state index in [4.69, 9.17) is 0 Å². The van der Waals surface area contributed by atoms with Gasteiger partial charge in [-0.15, -0.1) is 0 Å². The number of hydrogen-bond acceptors (Lipinski definition) is 1. The summed E-state index contributed by atoms with van der Waals surface area (Å²) in [6.07, 6.45) is -1.87. The van der Waals surface area contributed by atoms with E-state index in [1.807, 2.05) is 12.1 Å². The lowest BCUT2D eigenvalue weighted by molar-refractivity contribution is -0.137. The fourth-order valence-corrected chi connectivity index (χ4v) is 2.92. The molecule has 0 radical (unpaired) electrons. The van der Waals surface area contributed by atoms with Crippen molar-refractivity contribution in [1.29, 1.82) is 0 Å². The van der Waals surface area contributed by atoms with Crippen LogP contribution in [0.25, 0.3) is 0 Å². The summed E-state index contributed by atoms with van der Waals surface area (Å²) in [6, 6.07) is 12.1. The molecule has 2 N–H and O–H groups in total. The van der Waals surface area contributed by atoms with Crippen molar-refractivity contribution in [3.63, 3.8) is 0 Å². The van der Waals surface area contributed by atoms with Crippen molar-refractivity contribution in [2.75, 3.05) is 5.32 Å². The lowest BCUT2D eigenvalue weighted by Gasteiger charge is -2.25. The van der Waals surface area contributed by atoms with Gasteiger partial charge in [0.2, 0.25) is 0 Å². The van der Waals surface area contributed by atoms with Gasteiger partial charge in [-0.25, -0.2) is 4.79 Å². The highest BCUT2D eigenvalue weighted by Gasteiger charge is 2.30. The highest BCUT2D eigenvalue weighted by molar-refractivity contribution is 5.89. The number of amides is 2. The summed E-state index contributed by atoms with van der Waals surface area (Å²) >= 11 is 0. The molecule has 0 saturated carbocycles. The van der Waals surface area contributed by atoms with Crippen LogP contribution in [0.15, 0.2) is 48.5 Å². The van der Waals surface area contributed by atoms with Crippen molar-refractivity contribution in [3.8, 4) is 0 Å². The minimum Gasteiger partial charge on any atom is -0.335 e. The Morgan fingerprint density at radius 3 is 2.33 bits per heavy atom. The number of alkyl halides is 3. The number of hydrogen-bond donors (Lipinski definition) is 2. The Balaban J connectivity index is 1.57. The van der Waals surface area contributed by atoms with E-state index in [1.54, 1.807) is 0 Å². The van der Waals surface area contributed by atoms with Gasteiger partial charge in [0, 0.05) is 11.7 Å². The minimum absolute atomic E-state index is 0.0225. The molecule has 1 atom stereocenters. The van der Waals surface area contributed by atoms with Gasteiger partial charge >= 0.3 is 12.2 Å². The van der Waals surface area contributed by atoms with E-state index < -0.39 is 17.8 Å². The van der Waals surface area contributed by atoms with Crippen LogP contribution in [0.3, 0.4) is 0 Å². The molecule has 2 amide bonds. The van der Waals surface area contributed by atoms with E-state index in [0.717, 1.165) is 31.4 Å². The van der Waals surface area contributed by atoms with Crippen molar-refractivity contribution < 1.29 is 18.0 Å². The molecule has 6 heteroatoms. The zero-order valence-corrected chi connectivity index (χ0v) is 12.9. The number of nitrogens with one attached hydrogen (secondary N) is 2. The molecule has 1 aliphatic carbocycles. The first-order valence-electron chi connectivity index (χ1n) is 7.73. The Hall–Kier alpha value is -2.50. The summed E-state index contributed by atoms with van der Waals surface area (Å²) in [5.74, 6) is 0. The Morgan fingerprint density at radius 2 is 1.67 bits per heavy atom. The summed E-state index contributed by atoms with van der Waals surface area (Å²) < 4.78 is 37.5. The Morgan fingerprint density at radius 1 is 1.00 bits per heavy atom. The van der Waals surface area contributed by atoms with E-state index in [9.17, 15) is 18.0 Å². The average Bonchev–Trinajstić information content (AvgIpc) is 2.54. The maximum atomic E-state index is 12.5. The van der Waals surface area contributed by atoms with Gasteiger partial charge in [0.15, 0.2) is 0 Å². The standard InChI is InChI=1S/C18H17F3N2O/c19-18(20,21)14-6-9-15(10-7-14)22-17(24)23-16-8-5-12-3-1-2-4-13(12)11-16/h1-4,6-7,9-10,16H,5,8,11H2,(H2,22,23,24). The number of fused-ring (bicyclic) bond motifs is 1. The van der Waals surface area contributed by atoms with Crippen LogP contribution in [-0.4, -0.2) is 12.1 Å². The van der Waals surface area contributed by atoms with Gasteiger partial charge in [-0.3, -0.25) is 0 Å². The largest absolute Gasteiger partial charge is 0.416 e. The van der Waals surface area contributed by atoms with Crippen LogP contribution in [0, 0.1) is 0 Å². The van der Waals surface area contributed by atoms with Gasteiger partial charge in [-0.1, -0.05) is 24.3 Å². The lowest BCUT2D eigenvalue weighted by atomic mass is 9.88. The first-order chi connectivity index (χ1) is 11.4. The third-order valence-corrected chi connectivity index (χ3v) is 4.15. The van der Waals surface area contributed by atoms with Crippen molar-refractivity contribution >= 4 is 11.7 Å². The summed E-state index contributed by atoms with van der Waals surface area (Å²) in [6.45, 7) is 0. The fraction of sp³-hybridized carbons (Fsp3) is 0.278. The molecule has 2 aromatic carbocycles. The lowest BCUT2D eigenvalue weighted by Crippen LogP contribution is -2.41. The quantitative estimate of drug-likeness (QED) is 0.840. The number of halogens is 3. The second-order valence-corrected chi connectivity index (χ2v) is 5.88. The van der Waals surface area contributed by atoms with Crippen LogP contribution in [0.4, 0.5) is 23.7 Å². The molecule has 3 nitrogen and oxygen atoms in total. The molecule has 0 bridgehead atoms. The zero-order chi connectivity index (χ0) is 17.2. The smallest absolute Gasteiger partial charge is 0.335 e. The van der Waals surface area contributed by atoms with Crippen LogP contribution in [0.2, 0.25) is 0 Å². The van der Waals surface area contributed by atoms with Gasteiger partial charge < -0.3 is 10.6 Å². The van der Waals surface area contributed by atoms with Crippen LogP contribution >= 0.6 is 0 Å². The third-order valence-electron chi connectivity index (χ3n) is 4.15. The third kappa shape index (κ3) is 3.88. The average molecular weight is 334 g/mol. The Bertz CT molecular complexity index is 726. The van der Waals surface area contributed by atoms with Crippen molar-refractivity contribution in [3.05, 3.63) is 65.2 Å². The maximum Gasteiger partial charge on any atom is 0.416 e. The summed E-state index contributed by atoms with van der Waals surface area (Å²) in [5, 5.41) is 5.46. The summed E-state index contributed by atoms with van der Waals surface area (Å²) in [7, 11) is 0. The minimum atomic E-state index is -4.38. The number of anilines is 1. The predicted octanol–water partition coefficient (Wildman–Crippen LogP) is 4.38. The predicted molar refractivity (Wildman–Crippen MR) is 85.9 cm³/mol. The molecule has 2 aromatic rings. The number of rotatable bonds is 2. The molecule has 0 fully saturated rings. The molecule has 24 heavy (non-hydrogen) atoms. The van der Waals surface area contributed by atoms with E-state index >= 15 is 0 Å². The number of aryl methyl sites for hydroxylation is 1. The van der Waals surface area contributed by atoms with E-state index in [0.29, 0.717) is 5.69 Å². The molecular weight excluding hydrogens is 317 g/mol. The second-order valence-electron chi connectivity index (χ2n) is 5.88. The van der Waals surface area contributed by atoms with Gasteiger partial charge in [0.25, 0.3) is 0 Å². The van der Waals surface area contributed by atoms with Crippen LogP contribution in [0.5, 0.6) is 0 Å². The molecule has 3 rings (SSSR count). The number of carbonyl (C=O) groups is 1. The normalized spacial score (nSPS) is 17.0. The highest BCUT2D eigenvalue weighted by atomic mass is 19.4. The number of benzene rings is 2. The Labute approximate surface area is 137 Å². The SMILES string of the molecule is O=C(Nc1ccc(C(F)(F)F)cc1)NC1CCc2ccccc2C1. The van der Waals surface area contributed by atoms with E-state index in [-0.39, 0.29) is 6.04 Å². The summed E-state index contributed by atoms with van der Waals surface area (Å²) in [5.41, 5.74) is 2.12. The number of carbonyl (C=O) groups excluding carboxylic acids is 1. The molecule has 0 saturated heterocycles. The first kappa shape index (κ1) is 16.4. The zero-order valence-electron chi connectivity index (χ0n) is 12.9.